The molecule has 0 atom stereocenters. The molecule has 1 rings (SSSR count). The third-order valence-corrected chi connectivity index (χ3v) is 2.08. The van der Waals surface area contributed by atoms with E-state index in [-0.39, 0.29) is 13.0 Å². The number of hydrogen-bond donors (Lipinski definition) is 0. The third-order valence-electron chi connectivity index (χ3n) is 2.08. The molecule has 6 heteroatoms. The van der Waals surface area contributed by atoms with Crippen LogP contribution < -0.4 is 0 Å². The average Bonchev–Trinajstić information content (AvgIpc) is 2.86. The fourth-order valence-corrected chi connectivity index (χ4v) is 1.13. The SMILES string of the molecule is CCOC(=O)C(=O)CC1(N=[N+]=[N-])CC1. The highest BCUT2D eigenvalue weighted by molar-refractivity contribution is 6.33. The van der Waals surface area contributed by atoms with Gasteiger partial charge in [-0.05, 0) is 25.3 Å². The van der Waals surface area contributed by atoms with E-state index in [0.29, 0.717) is 12.8 Å². The van der Waals surface area contributed by atoms with Gasteiger partial charge in [-0.3, -0.25) is 4.79 Å². The molecule has 0 aliphatic heterocycles. The molecule has 0 unspecified atom stereocenters. The molecular weight excluding hydrogens is 186 g/mol. The Morgan fingerprint density at radius 3 is 2.64 bits per heavy atom. The van der Waals surface area contributed by atoms with E-state index in [2.05, 4.69) is 14.8 Å². The van der Waals surface area contributed by atoms with Crippen LogP contribution in [0.25, 0.3) is 10.4 Å². The van der Waals surface area contributed by atoms with Gasteiger partial charge in [0.2, 0.25) is 5.78 Å². The number of carbonyl (C=O) groups is 2. The molecule has 0 radical (unpaired) electrons. The van der Waals surface area contributed by atoms with Crippen molar-refractivity contribution in [1.82, 2.24) is 0 Å². The molecule has 1 aliphatic carbocycles. The molecule has 0 heterocycles. The van der Waals surface area contributed by atoms with Gasteiger partial charge in [0.1, 0.15) is 0 Å². The number of ether oxygens (including phenoxy) is 1. The molecule has 0 N–H and O–H groups in total. The van der Waals surface area contributed by atoms with E-state index < -0.39 is 17.3 Å². The first-order valence-corrected chi connectivity index (χ1v) is 4.40. The summed E-state index contributed by atoms with van der Waals surface area (Å²) < 4.78 is 4.53. The van der Waals surface area contributed by atoms with Crippen molar-refractivity contribution < 1.29 is 14.3 Å². The Morgan fingerprint density at radius 2 is 2.21 bits per heavy atom. The van der Waals surface area contributed by atoms with Gasteiger partial charge in [0.05, 0.1) is 12.1 Å². The molecule has 0 spiro atoms. The van der Waals surface area contributed by atoms with Crippen molar-refractivity contribution in [3.05, 3.63) is 10.4 Å². The number of nitrogens with zero attached hydrogens (tertiary/aromatic N) is 3. The van der Waals surface area contributed by atoms with Gasteiger partial charge in [-0.1, -0.05) is 5.11 Å². The van der Waals surface area contributed by atoms with Crippen LogP contribution in [0.15, 0.2) is 5.11 Å². The van der Waals surface area contributed by atoms with Crippen LogP contribution >= 0.6 is 0 Å². The molecule has 0 saturated heterocycles. The Hall–Kier alpha value is -1.55. The minimum Gasteiger partial charge on any atom is -0.460 e. The molecular formula is C8H11N3O3. The molecule has 1 saturated carbocycles. The van der Waals surface area contributed by atoms with Crippen LogP contribution in [-0.2, 0) is 14.3 Å². The minimum atomic E-state index is -0.841. The van der Waals surface area contributed by atoms with Gasteiger partial charge in [0, 0.05) is 11.3 Å². The van der Waals surface area contributed by atoms with E-state index >= 15 is 0 Å². The zero-order valence-corrected chi connectivity index (χ0v) is 7.89. The van der Waals surface area contributed by atoms with Gasteiger partial charge in [0.25, 0.3) is 0 Å². The lowest BCUT2D eigenvalue weighted by Crippen LogP contribution is -2.22. The van der Waals surface area contributed by atoms with Crippen LogP contribution in [-0.4, -0.2) is 23.9 Å². The maximum absolute atomic E-state index is 11.2. The summed E-state index contributed by atoms with van der Waals surface area (Å²) in [4.78, 5) is 24.8. The molecule has 1 fully saturated rings. The Kier molecular flexibility index (Phi) is 3.09. The van der Waals surface area contributed by atoms with Crippen LogP contribution in [0.1, 0.15) is 26.2 Å². The van der Waals surface area contributed by atoms with E-state index in [9.17, 15) is 9.59 Å². The maximum Gasteiger partial charge on any atom is 0.374 e. The van der Waals surface area contributed by atoms with Gasteiger partial charge < -0.3 is 4.74 Å². The first kappa shape index (κ1) is 10.5. The Morgan fingerprint density at radius 1 is 1.57 bits per heavy atom. The molecule has 14 heavy (non-hydrogen) atoms. The predicted molar refractivity (Wildman–Crippen MR) is 47.4 cm³/mol. The Labute approximate surface area is 80.9 Å². The van der Waals surface area contributed by atoms with Crippen LogP contribution in [0.3, 0.4) is 0 Å². The summed E-state index contributed by atoms with van der Waals surface area (Å²) in [6.07, 6.45) is 1.31. The van der Waals surface area contributed by atoms with Crippen molar-refractivity contribution in [2.24, 2.45) is 5.11 Å². The fraction of sp³-hybridized carbons (Fsp3) is 0.750. The highest BCUT2D eigenvalue weighted by atomic mass is 16.5. The minimum absolute atomic E-state index is 0.0319. The summed E-state index contributed by atoms with van der Waals surface area (Å²) in [5, 5.41) is 3.50. The first-order valence-electron chi connectivity index (χ1n) is 4.40. The number of esters is 1. The zero-order chi connectivity index (χ0) is 10.6. The van der Waals surface area contributed by atoms with Crippen LogP contribution in [0, 0.1) is 0 Å². The van der Waals surface area contributed by atoms with Crippen LogP contribution in [0.5, 0.6) is 0 Å². The van der Waals surface area contributed by atoms with Crippen molar-refractivity contribution in [2.45, 2.75) is 31.7 Å². The normalized spacial score (nSPS) is 16.6. The summed E-state index contributed by atoms with van der Waals surface area (Å²) >= 11 is 0. The van der Waals surface area contributed by atoms with Gasteiger partial charge >= 0.3 is 5.97 Å². The highest BCUT2D eigenvalue weighted by Crippen LogP contribution is 2.43. The van der Waals surface area contributed by atoms with Gasteiger partial charge in [-0.2, -0.15) is 0 Å². The highest BCUT2D eigenvalue weighted by Gasteiger charge is 2.45. The van der Waals surface area contributed by atoms with Crippen molar-refractivity contribution in [3.63, 3.8) is 0 Å². The standard InChI is InChI=1S/C8H11N3O3/c1-2-14-7(13)6(12)5-8(3-4-8)10-11-9/h2-5H2,1H3. The largest absolute Gasteiger partial charge is 0.460 e. The summed E-state index contributed by atoms with van der Waals surface area (Å²) in [6, 6.07) is 0. The van der Waals surface area contributed by atoms with Gasteiger partial charge in [-0.15, -0.1) is 0 Å². The maximum atomic E-state index is 11.2. The second-order valence-electron chi connectivity index (χ2n) is 3.23. The fourth-order valence-electron chi connectivity index (χ4n) is 1.13. The Bertz CT molecular complexity index is 303. The van der Waals surface area contributed by atoms with E-state index in [1.165, 1.54) is 0 Å². The van der Waals surface area contributed by atoms with Crippen molar-refractivity contribution in [1.29, 1.82) is 0 Å². The lowest BCUT2D eigenvalue weighted by molar-refractivity contribution is -0.153. The summed E-state index contributed by atoms with van der Waals surface area (Å²) in [5.41, 5.74) is 7.59. The van der Waals surface area contributed by atoms with E-state index in [4.69, 9.17) is 5.53 Å². The van der Waals surface area contributed by atoms with Gasteiger partial charge in [-0.25, -0.2) is 4.79 Å². The third kappa shape index (κ3) is 2.47. The summed E-state index contributed by atoms with van der Waals surface area (Å²) in [7, 11) is 0. The van der Waals surface area contributed by atoms with Gasteiger partial charge in [0.15, 0.2) is 0 Å². The van der Waals surface area contributed by atoms with Crippen molar-refractivity contribution >= 4 is 11.8 Å². The quantitative estimate of drug-likeness (QED) is 0.219. The topological polar surface area (TPSA) is 92.1 Å². The van der Waals surface area contributed by atoms with Crippen LogP contribution in [0.2, 0.25) is 0 Å². The molecule has 0 aromatic carbocycles. The van der Waals surface area contributed by atoms with Crippen molar-refractivity contribution in [2.75, 3.05) is 6.61 Å². The second-order valence-corrected chi connectivity index (χ2v) is 3.23. The molecule has 1 aliphatic rings. The summed E-state index contributed by atoms with van der Waals surface area (Å²) in [5.74, 6) is -1.45. The molecule has 0 aromatic rings. The molecule has 0 bridgehead atoms. The molecule has 6 nitrogen and oxygen atoms in total. The zero-order valence-electron chi connectivity index (χ0n) is 7.89. The molecule has 0 aromatic heterocycles. The molecule has 0 amide bonds. The number of azide groups is 1. The smallest absolute Gasteiger partial charge is 0.374 e. The number of carbonyl (C=O) groups excluding carboxylic acids is 2. The monoisotopic (exact) mass is 197 g/mol. The van der Waals surface area contributed by atoms with Crippen molar-refractivity contribution in [3.8, 4) is 0 Å². The predicted octanol–water partition coefficient (Wildman–Crippen LogP) is 1.35. The van der Waals surface area contributed by atoms with Crippen LogP contribution in [0.4, 0.5) is 0 Å². The number of ketones is 1. The lowest BCUT2D eigenvalue weighted by atomic mass is 10.1. The second kappa shape index (κ2) is 4.11. The number of Topliss-reactive ketones (excluding diaryl/α,β-unsaturated/α-hetero) is 1. The van der Waals surface area contributed by atoms with E-state index in [1.807, 2.05) is 0 Å². The molecule has 76 valence electrons. The number of rotatable bonds is 5. The number of hydrogen-bond acceptors (Lipinski definition) is 4. The Balaban J connectivity index is 2.48. The van der Waals surface area contributed by atoms with E-state index in [0.717, 1.165) is 0 Å². The average molecular weight is 197 g/mol. The first-order chi connectivity index (χ1) is 6.63. The van der Waals surface area contributed by atoms with E-state index in [1.54, 1.807) is 6.92 Å². The lowest BCUT2D eigenvalue weighted by Gasteiger charge is -2.05. The summed E-state index contributed by atoms with van der Waals surface area (Å²) in [6.45, 7) is 1.81.